The van der Waals surface area contributed by atoms with Crippen molar-refractivity contribution in [1.82, 2.24) is 4.98 Å². The molecule has 7 nitrogen and oxygen atoms in total. The number of hydrogen-bond acceptors (Lipinski definition) is 6. The van der Waals surface area contributed by atoms with Crippen LogP contribution in [-0.2, 0) is 6.61 Å². The third-order valence-electron chi connectivity index (χ3n) is 2.52. The molecule has 0 bridgehead atoms. The predicted octanol–water partition coefficient (Wildman–Crippen LogP) is 2.02. The molecular weight excluding hydrogens is 260 g/mol. The summed E-state index contributed by atoms with van der Waals surface area (Å²) >= 11 is 0. The van der Waals surface area contributed by atoms with Crippen molar-refractivity contribution >= 4 is 11.5 Å². The van der Waals surface area contributed by atoms with E-state index in [-0.39, 0.29) is 23.6 Å². The van der Waals surface area contributed by atoms with Crippen molar-refractivity contribution in [1.29, 1.82) is 5.26 Å². The van der Waals surface area contributed by atoms with E-state index in [1.807, 2.05) is 6.07 Å². The van der Waals surface area contributed by atoms with Gasteiger partial charge in [-0.2, -0.15) is 5.26 Å². The first-order valence-electron chi connectivity index (χ1n) is 5.62. The van der Waals surface area contributed by atoms with E-state index < -0.39 is 4.92 Å². The zero-order valence-electron chi connectivity index (χ0n) is 10.3. The van der Waals surface area contributed by atoms with Crippen LogP contribution in [0.4, 0.5) is 11.5 Å². The second kappa shape index (κ2) is 5.67. The van der Waals surface area contributed by atoms with E-state index in [1.165, 1.54) is 24.4 Å². The summed E-state index contributed by atoms with van der Waals surface area (Å²) in [5, 5.41) is 19.7. The molecule has 2 aromatic rings. The zero-order chi connectivity index (χ0) is 14.5. The number of nitrogen functional groups attached to an aromatic ring is 1. The summed E-state index contributed by atoms with van der Waals surface area (Å²) in [7, 11) is 0. The van der Waals surface area contributed by atoms with Gasteiger partial charge in [0.25, 0.3) is 0 Å². The van der Waals surface area contributed by atoms with Crippen molar-refractivity contribution in [3.05, 3.63) is 57.8 Å². The highest BCUT2D eigenvalue weighted by Crippen LogP contribution is 2.28. The number of ether oxygens (including phenoxy) is 1. The summed E-state index contributed by atoms with van der Waals surface area (Å²) in [5.74, 6) is 0.449. The van der Waals surface area contributed by atoms with Crippen LogP contribution in [0.2, 0.25) is 0 Å². The van der Waals surface area contributed by atoms with E-state index in [1.54, 1.807) is 12.1 Å². The van der Waals surface area contributed by atoms with Gasteiger partial charge < -0.3 is 10.5 Å². The van der Waals surface area contributed by atoms with Gasteiger partial charge in [0, 0.05) is 12.3 Å². The Balaban J connectivity index is 2.21. The standard InChI is InChI=1S/C13H10N4O3/c14-7-9-1-2-12(11(5-9)17(18)19)20-8-10-3-4-16-13(15)6-10/h1-6H,8H2,(H2,15,16). The smallest absolute Gasteiger partial charge is 0.312 e. The van der Waals surface area contributed by atoms with Crippen LogP contribution < -0.4 is 10.5 Å². The number of pyridine rings is 1. The van der Waals surface area contributed by atoms with Crippen molar-refractivity contribution < 1.29 is 9.66 Å². The van der Waals surface area contributed by atoms with Gasteiger partial charge in [-0.15, -0.1) is 0 Å². The van der Waals surface area contributed by atoms with Gasteiger partial charge in [-0.1, -0.05) is 0 Å². The summed E-state index contributed by atoms with van der Waals surface area (Å²) in [6.45, 7) is 0.124. The number of nitrogens with zero attached hydrogens (tertiary/aromatic N) is 3. The number of nitro groups is 1. The number of nitrogens with two attached hydrogens (primary N) is 1. The van der Waals surface area contributed by atoms with Crippen molar-refractivity contribution in [3.8, 4) is 11.8 Å². The van der Waals surface area contributed by atoms with Crippen LogP contribution in [0.3, 0.4) is 0 Å². The number of nitro benzene ring substituents is 1. The summed E-state index contributed by atoms with van der Waals surface area (Å²) in [5.41, 5.74) is 6.24. The minimum absolute atomic E-state index is 0.101. The maximum Gasteiger partial charge on any atom is 0.312 e. The van der Waals surface area contributed by atoms with Crippen LogP contribution in [0, 0.1) is 21.4 Å². The van der Waals surface area contributed by atoms with Crippen LogP contribution in [-0.4, -0.2) is 9.91 Å². The molecule has 1 aromatic carbocycles. The number of nitriles is 1. The van der Waals surface area contributed by atoms with Gasteiger partial charge in [0.15, 0.2) is 5.75 Å². The normalized spacial score (nSPS) is 9.75. The minimum Gasteiger partial charge on any atom is -0.482 e. The van der Waals surface area contributed by atoms with E-state index in [9.17, 15) is 10.1 Å². The van der Waals surface area contributed by atoms with Crippen molar-refractivity contribution in [2.24, 2.45) is 0 Å². The van der Waals surface area contributed by atoms with E-state index >= 15 is 0 Å². The Morgan fingerprint density at radius 1 is 1.40 bits per heavy atom. The predicted molar refractivity (Wildman–Crippen MR) is 70.8 cm³/mol. The maximum absolute atomic E-state index is 10.9. The lowest BCUT2D eigenvalue weighted by atomic mass is 10.2. The monoisotopic (exact) mass is 270 g/mol. The molecule has 0 amide bonds. The van der Waals surface area contributed by atoms with Crippen molar-refractivity contribution in [3.63, 3.8) is 0 Å². The third kappa shape index (κ3) is 3.00. The fraction of sp³-hybridized carbons (Fsp3) is 0.0769. The average Bonchev–Trinajstić information content (AvgIpc) is 2.45. The van der Waals surface area contributed by atoms with E-state index in [4.69, 9.17) is 15.7 Å². The van der Waals surface area contributed by atoms with Crippen LogP contribution in [0.1, 0.15) is 11.1 Å². The van der Waals surface area contributed by atoms with Crippen LogP contribution >= 0.6 is 0 Å². The molecule has 1 aromatic heterocycles. The third-order valence-corrected chi connectivity index (χ3v) is 2.52. The topological polar surface area (TPSA) is 115 Å². The lowest BCUT2D eigenvalue weighted by Gasteiger charge is -2.07. The molecule has 0 atom stereocenters. The van der Waals surface area contributed by atoms with Crippen molar-refractivity contribution in [2.45, 2.75) is 6.61 Å². The molecule has 100 valence electrons. The molecular formula is C13H10N4O3. The minimum atomic E-state index is -0.586. The second-order valence-electron chi connectivity index (χ2n) is 3.93. The Bertz CT molecular complexity index is 694. The molecule has 0 spiro atoms. The molecule has 0 radical (unpaired) electrons. The number of benzene rings is 1. The molecule has 0 aliphatic rings. The molecule has 0 saturated carbocycles. The number of hydrogen-bond donors (Lipinski definition) is 1. The first-order chi connectivity index (χ1) is 9.60. The van der Waals surface area contributed by atoms with Gasteiger partial charge in [-0.05, 0) is 29.8 Å². The Hall–Kier alpha value is -3.14. The number of rotatable bonds is 4. The number of aromatic nitrogens is 1. The largest absolute Gasteiger partial charge is 0.482 e. The maximum atomic E-state index is 10.9. The Morgan fingerprint density at radius 2 is 2.20 bits per heavy atom. The van der Waals surface area contributed by atoms with Gasteiger partial charge >= 0.3 is 5.69 Å². The van der Waals surface area contributed by atoms with Gasteiger partial charge in [0.2, 0.25) is 0 Å². The molecule has 2 rings (SSSR count). The molecule has 0 aliphatic carbocycles. The Labute approximate surface area is 114 Å². The summed E-state index contributed by atoms with van der Waals surface area (Å²) in [4.78, 5) is 14.2. The molecule has 7 heteroatoms. The first kappa shape index (κ1) is 13.3. The Kier molecular flexibility index (Phi) is 3.77. The van der Waals surface area contributed by atoms with Gasteiger partial charge in [0.1, 0.15) is 12.4 Å². The summed E-state index contributed by atoms with van der Waals surface area (Å²) in [6.07, 6.45) is 1.53. The van der Waals surface area contributed by atoms with E-state index in [2.05, 4.69) is 4.98 Å². The van der Waals surface area contributed by atoms with Crippen LogP contribution in [0.25, 0.3) is 0 Å². The number of anilines is 1. The van der Waals surface area contributed by atoms with Gasteiger partial charge in [-0.25, -0.2) is 4.98 Å². The van der Waals surface area contributed by atoms with Gasteiger partial charge in [-0.3, -0.25) is 10.1 Å². The fourth-order valence-corrected chi connectivity index (χ4v) is 1.60. The molecule has 20 heavy (non-hydrogen) atoms. The SMILES string of the molecule is N#Cc1ccc(OCc2ccnc(N)c2)c([N+](=O)[O-])c1. The molecule has 0 fully saturated rings. The lowest BCUT2D eigenvalue weighted by molar-refractivity contribution is -0.386. The van der Waals surface area contributed by atoms with Gasteiger partial charge in [0.05, 0.1) is 16.6 Å². The molecule has 0 aliphatic heterocycles. The first-order valence-corrected chi connectivity index (χ1v) is 5.62. The molecule has 0 saturated heterocycles. The van der Waals surface area contributed by atoms with E-state index in [0.29, 0.717) is 5.82 Å². The lowest BCUT2D eigenvalue weighted by Crippen LogP contribution is -2.01. The Morgan fingerprint density at radius 3 is 2.85 bits per heavy atom. The molecule has 1 heterocycles. The molecule has 0 unspecified atom stereocenters. The van der Waals surface area contributed by atoms with Crippen molar-refractivity contribution in [2.75, 3.05) is 5.73 Å². The summed E-state index contributed by atoms with van der Waals surface area (Å²) < 4.78 is 5.40. The second-order valence-corrected chi connectivity index (χ2v) is 3.93. The quantitative estimate of drug-likeness (QED) is 0.671. The highest BCUT2D eigenvalue weighted by atomic mass is 16.6. The van der Waals surface area contributed by atoms with Crippen LogP contribution in [0.15, 0.2) is 36.5 Å². The highest BCUT2D eigenvalue weighted by Gasteiger charge is 2.16. The fourth-order valence-electron chi connectivity index (χ4n) is 1.60. The average molecular weight is 270 g/mol. The molecule has 2 N–H and O–H groups in total. The van der Waals surface area contributed by atoms with E-state index in [0.717, 1.165) is 5.56 Å². The highest BCUT2D eigenvalue weighted by molar-refractivity contribution is 5.51. The summed E-state index contributed by atoms with van der Waals surface area (Å²) in [6, 6.07) is 9.21. The van der Waals surface area contributed by atoms with Crippen LogP contribution in [0.5, 0.6) is 5.75 Å². The zero-order valence-corrected chi connectivity index (χ0v) is 10.3.